The molecule has 4 heteroatoms. The first kappa shape index (κ1) is 12.5. The van der Waals surface area contributed by atoms with Gasteiger partial charge in [-0.15, -0.1) is 0 Å². The highest BCUT2D eigenvalue weighted by atomic mass is 35.5. The van der Waals surface area contributed by atoms with E-state index in [4.69, 9.17) is 16.0 Å². The first-order chi connectivity index (χ1) is 7.68. The standard InChI is InChI=1S/C10H5ClO3.C2H6/c11-10(13)9-5-7(12)6-3-1-2-4-8(6)14-9;1-2/h1-5H;1-2H3. The zero-order valence-corrected chi connectivity index (χ0v) is 9.75. The molecular weight excluding hydrogens is 228 g/mol. The largest absolute Gasteiger partial charge is 0.451 e. The van der Waals surface area contributed by atoms with E-state index in [0.29, 0.717) is 11.0 Å². The molecule has 1 aromatic carbocycles. The van der Waals surface area contributed by atoms with Gasteiger partial charge in [0.2, 0.25) is 0 Å². The maximum atomic E-state index is 11.4. The molecule has 2 aromatic rings. The minimum Gasteiger partial charge on any atom is -0.451 e. The number of halogens is 1. The molecule has 0 N–H and O–H groups in total. The zero-order chi connectivity index (χ0) is 12.1. The van der Waals surface area contributed by atoms with Gasteiger partial charge in [0.15, 0.2) is 11.2 Å². The quantitative estimate of drug-likeness (QED) is 0.717. The Morgan fingerprint density at radius 3 is 2.50 bits per heavy atom. The van der Waals surface area contributed by atoms with Crippen LogP contribution >= 0.6 is 11.6 Å². The Kier molecular flexibility index (Phi) is 4.26. The highest BCUT2D eigenvalue weighted by Gasteiger charge is 2.08. The number of fused-ring (bicyclic) bond motifs is 1. The van der Waals surface area contributed by atoms with Gasteiger partial charge in [-0.1, -0.05) is 26.0 Å². The summed E-state index contributed by atoms with van der Waals surface area (Å²) in [7, 11) is 0. The number of hydrogen-bond donors (Lipinski definition) is 0. The van der Waals surface area contributed by atoms with Crippen molar-refractivity contribution in [1.82, 2.24) is 0 Å². The number of para-hydroxylation sites is 1. The van der Waals surface area contributed by atoms with Crippen molar-refractivity contribution in [2.45, 2.75) is 13.8 Å². The maximum Gasteiger partial charge on any atom is 0.287 e. The molecule has 0 amide bonds. The lowest BCUT2D eigenvalue weighted by Crippen LogP contribution is -2.03. The van der Waals surface area contributed by atoms with E-state index in [1.165, 1.54) is 0 Å². The third kappa shape index (κ3) is 2.49. The normalized spacial score (nSPS) is 9.44. The van der Waals surface area contributed by atoms with Gasteiger partial charge in [0.25, 0.3) is 5.24 Å². The first-order valence-electron chi connectivity index (χ1n) is 4.91. The summed E-state index contributed by atoms with van der Waals surface area (Å²) in [5, 5.41) is -0.331. The monoisotopic (exact) mass is 238 g/mol. The van der Waals surface area contributed by atoms with Crippen molar-refractivity contribution in [2.24, 2.45) is 0 Å². The molecule has 0 unspecified atom stereocenters. The van der Waals surface area contributed by atoms with Crippen molar-refractivity contribution < 1.29 is 9.21 Å². The second kappa shape index (κ2) is 5.47. The molecule has 3 nitrogen and oxygen atoms in total. The molecule has 1 heterocycles. The van der Waals surface area contributed by atoms with Gasteiger partial charge in [-0.25, -0.2) is 0 Å². The average molecular weight is 239 g/mol. The fourth-order valence-electron chi connectivity index (χ4n) is 1.20. The van der Waals surface area contributed by atoms with Crippen molar-refractivity contribution in [3.8, 4) is 0 Å². The van der Waals surface area contributed by atoms with E-state index in [1.807, 2.05) is 13.8 Å². The third-order valence-electron chi connectivity index (χ3n) is 1.83. The molecule has 0 aliphatic carbocycles. The molecule has 0 saturated heterocycles. The van der Waals surface area contributed by atoms with Gasteiger partial charge in [-0.2, -0.15) is 0 Å². The van der Waals surface area contributed by atoms with Crippen LogP contribution in [-0.4, -0.2) is 5.24 Å². The molecular formula is C12H11ClO3. The molecule has 0 bridgehead atoms. The Morgan fingerprint density at radius 2 is 1.88 bits per heavy atom. The lowest BCUT2D eigenvalue weighted by atomic mass is 10.2. The summed E-state index contributed by atoms with van der Waals surface area (Å²) < 4.78 is 5.12. The summed E-state index contributed by atoms with van der Waals surface area (Å²) in [4.78, 5) is 22.2. The molecule has 1 aromatic heterocycles. The molecule has 0 radical (unpaired) electrons. The Labute approximate surface area is 97.6 Å². The Bertz CT molecular complexity index is 557. The molecule has 0 fully saturated rings. The smallest absolute Gasteiger partial charge is 0.287 e. The number of rotatable bonds is 1. The zero-order valence-electron chi connectivity index (χ0n) is 8.99. The van der Waals surface area contributed by atoms with Crippen molar-refractivity contribution in [1.29, 1.82) is 0 Å². The average Bonchev–Trinajstić information content (AvgIpc) is 2.31. The fraction of sp³-hybridized carbons (Fsp3) is 0.167. The summed E-state index contributed by atoms with van der Waals surface area (Å²) in [5.41, 5.74) is 0.0971. The lowest BCUT2D eigenvalue weighted by Gasteiger charge is -1.97. The van der Waals surface area contributed by atoms with Crippen molar-refractivity contribution in [3.05, 3.63) is 46.3 Å². The van der Waals surface area contributed by atoms with Gasteiger partial charge in [-0.3, -0.25) is 9.59 Å². The van der Waals surface area contributed by atoms with Gasteiger partial charge >= 0.3 is 0 Å². The molecule has 0 spiro atoms. The van der Waals surface area contributed by atoms with Crippen LogP contribution in [0.25, 0.3) is 11.0 Å². The van der Waals surface area contributed by atoms with E-state index in [9.17, 15) is 9.59 Å². The molecule has 0 aliphatic rings. The number of benzene rings is 1. The third-order valence-corrected chi connectivity index (χ3v) is 2.01. The van der Waals surface area contributed by atoms with E-state index in [0.717, 1.165) is 6.07 Å². The molecule has 16 heavy (non-hydrogen) atoms. The highest BCUT2D eigenvalue weighted by molar-refractivity contribution is 6.67. The molecule has 2 rings (SSSR count). The highest BCUT2D eigenvalue weighted by Crippen LogP contribution is 2.12. The van der Waals surface area contributed by atoms with E-state index < -0.39 is 5.24 Å². The van der Waals surface area contributed by atoms with Gasteiger partial charge < -0.3 is 4.42 Å². The topological polar surface area (TPSA) is 47.3 Å². The molecule has 0 atom stereocenters. The summed E-state index contributed by atoms with van der Waals surface area (Å²) in [6, 6.07) is 7.77. The van der Waals surface area contributed by atoms with Crippen LogP contribution in [0.5, 0.6) is 0 Å². The van der Waals surface area contributed by atoms with Crippen LogP contribution in [0, 0.1) is 0 Å². The first-order valence-corrected chi connectivity index (χ1v) is 5.29. The van der Waals surface area contributed by atoms with E-state index in [-0.39, 0.29) is 11.2 Å². The Hall–Kier alpha value is -1.61. The van der Waals surface area contributed by atoms with Crippen LogP contribution in [0.4, 0.5) is 0 Å². The number of carbonyl (C=O) groups excluding carboxylic acids is 1. The van der Waals surface area contributed by atoms with Gasteiger partial charge in [0.05, 0.1) is 5.39 Å². The molecule has 0 saturated carbocycles. The van der Waals surface area contributed by atoms with Gasteiger partial charge in [-0.05, 0) is 23.7 Å². The lowest BCUT2D eigenvalue weighted by molar-refractivity contribution is 0.105. The van der Waals surface area contributed by atoms with Gasteiger partial charge in [0, 0.05) is 6.07 Å². The van der Waals surface area contributed by atoms with Crippen molar-refractivity contribution >= 4 is 27.8 Å². The SMILES string of the molecule is CC.O=C(Cl)c1cc(=O)c2ccccc2o1. The predicted molar refractivity (Wildman–Crippen MR) is 64.0 cm³/mol. The fourth-order valence-corrected chi connectivity index (χ4v) is 1.29. The van der Waals surface area contributed by atoms with Crippen LogP contribution < -0.4 is 5.43 Å². The second-order valence-electron chi connectivity index (χ2n) is 2.74. The summed E-state index contributed by atoms with van der Waals surface area (Å²) >= 11 is 5.20. The van der Waals surface area contributed by atoms with Crippen LogP contribution in [0.3, 0.4) is 0 Å². The van der Waals surface area contributed by atoms with E-state index in [2.05, 4.69) is 0 Å². The van der Waals surface area contributed by atoms with Crippen molar-refractivity contribution in [3.63, 3.8) is 0 Å². The van der Waals surface area contributed by atoms with Crippen LogP contribution in [0.2, 0.25) is 0 Å². The van der Waals surface area contributed by atoms with Crippen LogP contribution in [0.1, 0.15) is 24.4 Å². The predicted octanol–water partition coefficient (Wildman–Crippen LogP) is 3.20. The minimum absolute atomic E-state index is 0.129. The number of hydrogen-bond acceptors (Lipinski definition) is 3. The summed E-state index contributed by atoms with van der Waals surface area (Å²) in [6.45, 7) is 4.00. The van der Waals surface area contributed by atoms with E-state index in [1.54, 1.807) is 24.3 Å². The Morgan fingerprint density at radius 1 is 1.25 bits per heavy atom. The maximum absolute atomic E-state index is 11.4. The second-order valence-corrected chi connectivity index (χ2v) is 3.09. The van der Waals surface area contributed by atoms with Gasteiger partial charge in [0.1, 0.15) is 5.58 Å². The summed E-state index contributed by atoms with van der Waals surface area (Å²) in [6.07, 6.45) is 0. The van der Waals surface area contributed by atoms with E-state index >= 15 is 0 Å². The Balaban J connectivity index is 0.000000606. The molecule has 0 aliphatic heterocycles. The minimum atomic E-state index is -0.771. The number of carbonyl (C=O) groups is 1. The molecule has 84 valence electrons. The van der Waals surface area contributed by atoms with Crippen LogP contribution in [0.15, 0.2) is 39.5 Å². The van der Waals surface area contributed by atoms with Crippen molar-refractivity contribution in [2.75, 3.05) is 0 Å². The summed E-state index contributed by atoms with van der Waals surface area (Å²) in [5.74, 6) is -0.129. The van der Waals surface area contributed by atoms with Crippen LogP contribution in [-0.2, 0) is 0 Å².